The van der Waals surface area contributed by atoms with Crippen molar-refractivity contribution >= 4 is 34.1 Å². The highest BCUT2D eigenvalue weighted by molar-refractivity contribution is 6.35. The van der Waals surface area contributed by atoms with Crippen LogP contribution < -0.4 is 5.32 Å². The number of hydrogen-bond acceptors (Lipinski definition) is 1. The highest BCUT2D eigenvalue weighted by atomic mass is 35.5. The molecule has 2 nitrogen and oxygen atoms in total. The fourth-order valence-electron chi connectivity index (χ4n) is 4.13. The van der Waals surface area contributed by atoms with Gasteiger partial charge < -0.3 is 9.88 Å². The lowest BCUT2D eigenvalue weighted by atomic mass is 10.1. The molecule has 3 aromatic rings. The van der Waals surface area contributed by atoms with E-state index in [2.05, 4.69) is 41.1 Å². The van der Waals surface area contributed by atoms with Gasteiger partial charge >= 0.3 is 0 Å². The molecule has 4 heteroatoms. The van der Waals surface area contributed by atoms with Crippen molar-refractivity contribution < 1.29 is 0 Å². The maximum Gasteiger partial charge on any atom is 0.0493 e. The lowest BCUT2D eigenvalue weighted by Gasteiger charge is -2.13. The van der Waals surface area contributed by atoms with Crippen molar-refractivity contribution in [1.29, 1.82) is 0 Å². The minimum Gasteiger partial charge on any atom is -0.340 e. The lowest BCUT2D eigenvalue weighted by Crippen LogP contribution is -2.25. The Balaban J connectivity index is 1.68. The topological polar surface area (TPSA) is 17.0 Å². The quantitative estimate of drug-likeness (QED) is 0.541. The molecule has 1 aliphatic rings. The van der Waals surface area contributed by atoms with Gasteiger partial charge in [0.1, 0.15) is 0 Å². The normalized spacial score (nSPS) is 15.2. The average molecular weight is 387 g/mol. The fraction of sp³-hybridized carbons (Fsp3) is 0.364. The molecule has 2 aromatic carbocycles. The molecule has 0 atom stereocenters. The summed E-state index contributed by atoms with van der Waals surface area (Å²) in [6.45, 7) is 3.90. The number of rotatable bonds is 5. The highest BCUT2D eigenvalue weighted by Crippen LogP contribution is 2.29. The predicted molar refractivity (Wildman–Crippen MR) is 111 cm³/mol. The van der Waals surface area contributed by atoms with Crippen LogP contribution in [0.4, 0.5) is 0 Å². The van der Waals surface area contributed by atoms with E-state index in [4.69, 9.17) is 23.2 Å². The van der Waals surface area contributed by atoms with Crippen LogP contribution in [0.3, 0.4) is 0 Å². The summed E-state index contributed by atoms with van der Waals surface area (Å²) in [4.78, 5) is 0. The van der Waals surface area contributed by atoms with E-state index in [9.17, 15) is 0 Å². The monoisotopic (exact) mass is 386 g/mol. The van der Waals surface area contributed by atoms with Crippen LogP contribution in [0.25, 0.3) is 10.9 Å². The van der Waals surface area contributed by atoms with Crippen molar-refractivity contribution in [2.75, 3.05) is 0 Å². The van der Waals surface area contributed by atoms with Gasteiger partial charge in [-0.25, -0.2) is 0 Å². The first kappa shape index (κ1) is 17.9. The Labute approximate surface area is 165 Å². The Bertz CT molecular complexity index is 923. The molecule has 0 amide bonds. The van der Waals surface area contributed by atoms with Crippen LogP contribution >= 0.6 is 23.2 Å². The number of nitrogens with one attached hydrogen (secondary N) is 1. The van der Waals surface area contributed by atoms with Gasteiger partial charge in [-0.3, -0.25) is 0 Å². The van der Waals surface area contributed by atoms with Gasteiger partial charge in [-0.1, -0.05) is 60.3 Å². The third kappa shape index (κ3) is 3.51. The van der Waals surface area contributed by atoms with E-state index in [0.29, 0.717) is 11.1 Å². The second kappa shape index (κ2) is 7.64. The van der Waals surface area contributed by atoms with Gasteiger partial charge in [0.05, 0.1) is 0 Å². The largest absolute Gasteiger partial charge is 0.340 e. The summed E-state index contributed by atoms with van der Waals surface area (Å²) < 4.78 is 2.37. The van der Waals surface area contributed by atoms with Crippen LogP contribution in [0.2, 0.25) is 10.0 Å². The minimum absolute atomic E-state index is 0.669. The molecule has 1 aliphatic carbocycles. The fourth-order valence-corrected chi connectivity index (χ4v) is 4.59. The first-order valence-corrected chi connectivity index (χ1v) is 10.1. The molecule has 1 aromatic heterocycles. The second-order valence-corrected chi connectivity index (χ2v) is 8.11. The van der Waals surface area contributed by atoms with Crippen molar-refractivity contribution in [3.8, 4) is 0 Å². The summed E-state index contributed by atoms with van der Waals surface area (Å²) >= 11 is 12.5. The zero-order valence-electron chi connectivity index (χ0n) is 15.1. The summed E-state index contributed by atoms with van der Waals surface area (Å²) in [6, 6.07) is 15.1. The van der Waals surface area contributed by atoms with Gasteiger partial charge in [0, 0.05) is 45.8 Å². The van der Waals surface area contributed by atoms with Gasteiger partial charge in [0.2, 0.25) is 0 Å². The van der Waals surface area contributed by atoms with E-state index in [1.807, 2.05) is 18.2 Å². The van der Waals surface area contributed by atoms with E-state index in [1.54, 1.807) is 0 Å². The van der Waals surface area contributed by atoms with Crippen LogP contribution in [0.5, 0.6) is 0 Å². The number of fused-ring (bicyclic) bond motifs is 1. The molecule has 0 unspecified atom stereocenters. The molecule has 0 aliphatic heterocycles. The van der Waals surface area contributed by atoms with Crippen LogP contribution in [-0.2, 0) is 13.1 Å². The standard InChI is InChI=1S/C22H24Cl2N2/c1-15-20(13-25-18-6-2-3-7-18)19-8-4-5-9-22(19)26(15)14-16-10-11-17(23)12-21(16)24/h4-5,8-12,18,25H,2-3,6-7,13-14H2,1H3. The van der Waals surface area contributed by atoms with E-state index in [1.165, 1.54) is 47.8 Å². The van der Waals surface area contributed by atoms with Crippen LogP contribution in [0, 0.1) is 6.92 Å². The predicted octanol–water partition coefficient (Wildman–Crippen LogP) is 6.34. The van der Waals surface area contributed by atoms with Crippen molar-refractivity contribution in [3.05, 3.63) is 69.3 Å². The first-order chi connectivity index (χ1) is 12.6. The molecule has 0 spiro atoms. The maximum absolute atomic E-state index is 6.43. The number of para-hydroxylation sites is 1. The Morgan fingerprint density at radius 1 is 1.08 bits per heavy atom. The third-order valence-electron chi connectivity index (χ3n) is 5.63. The smallest absolute Gasteiger partial charge is 0.0493 e. The summed E-state index contributed by atoms with van der Waals surface area (Å²) in [5, 5.41) is 6.50. The highest BCUT2D eigenvalue weighted by Gasteiger charge is 2.18. The van der Waals surface area contributed by atoms with Gasteiger partial charge in [-0.2, -0.15) is 0 Å². The number of aromatic nitrogens is 1. The molecule has 1 saturated carbocycles. The average Bonchev–Trinajstić information content (AvgIpc) is 3.23. The SMILES string of the molecule is Cc1c(CNC2CCCC2)c2ccccc2n1Cc1ccc(Cl)cc1Cl. The Hall–Kier alpha value is -1.48. The van der Waals surface area contributed by atoms with Crippen LogP contribution in [0.1, 0.15) is 42.5 Å². The van der Waals surface area contributed by atoms with Crippen molar-refractivity contribution in [3.63, 3.8) is 0 Å². The summed E-state index contributed by atoms with van der Waals surface area (Å²) in [7, 11) is 0. The summed E-state index contributed by atoms with van der Waals surface area (Å²) in [6.07, 6.45) is 5.32. The zero-order valence-corrected chi connectivity index (χ0v) is 16.6. The van der Waals surface area contributed by atoms with E-state index >= 15 is 0 Å². The van der Waals surface area contributed by atoms with Crippen LogP contribution in [-0.4, -0.2) is 10.6 Å². The second-order valence-electron chi connectivity index (χ2n) is 7.27. The number of nitrogens with zero attached hydrogens (tertiary/aromatic N) is 1. The van der Waals surface area contributed by atoms with E-state index in [0.717, 1.165) is 23.7 Å². The Kier molecular flexibility index (Phi) is 5.26. The third-order valence-corrected chi connectivity index (χ3v) is 6.21. The maximum atomic E-state index is 6.43. The van der Waals surface area contributed by atoms with Gasteiger partial charge in [0.25, 0.3) is 0 Å². The Morgan fingerprint density at radius 3 is 2.62 bits per heavy atom. The molecular weight excluding hydrogens is 363 g/mol. The Morgan fingerprint density at radius 2 is 1.85 bits per heavy atom. The molecule has 1 heterocycles. The molecule has 1 N–H and O–H groups in total. The van der Waals surface area contributed by atoms with E-state index in [-0.39, 0.29) is 0 Å². The van der Waals surface area contributed by atoms with Crippen LogP contribution in [0.15, 0.2) is 42.5 Å². The summed E-state index contributed by atoms with van der Waals surface area (Å²) in [5.41, 5.74) is 5.06. The van der Waals surface area contributed by atoms with Gasteiger partial charge in [-0.05, 0) is 49.1 Å². The minimum atomic E-state index is 0.669. The van der Waals surface area contributed by atoms with Gasteiger partial charge in [-0.15, -0.1) is 0 Å². The van der Waals surface area contributed by atoms with Gasteiger partial charge in [0.15, 0.2) is 0 Å². The molecule has 1 fully saturated rings. The molecule has 0 saturated heterocycles. The lowest BCUT2D eigenvalue weighted by molar-refractivity contribution is 0.523. The number of halogens is 2. The number of benzene rings is 2. The molecular formula is C22H24Cl2N2. The number of hydrogen-bond donors (Lipinski definition) is 1. The molecule has 0 radical (unpaired) electrons. The molecule has 136 valence electrons. The van der Waals surface area contributed by atoms with E-state index < -0.39 is 0 Å². The first-order valence-electron chi connectivity index (χ1n) is 9.37. The van der Waals surface area contributed by atoms with Crippen molar-refractivity contribution in [2.45, 2.75) is 51.7 Å². The van der Waals surface area contributed by atoms with Crippen molar-refractivity contribution in [2.24, 2.45) is 0 Å². The zero-order chi connectivity index (χ0) is 18.1. The summed E-state index contributed by atoms with van der Waals surface area (Å²) in [5.74, 6) is 0. The molecule has 0 bridgehead atoms. The molecule has 4 rings (SSSR count). The van der Waals surface area contributed by atoms with Crippen molar-refractivity contribution in [1.82, 2.24) is 9.88 Å². The molecule has 26 heavy (non-hydrogen) atoms.